The lowest BCUT2D eigenvalue weighted by atomic mass is 10.2. The molecule has 4 heteroatoms. The highest BCUT2D eigenvalue weighted by molar-refractivity contribution is 5.47. The number of aromatic nitrogens is 1. The van der Waals surface area contributed by atoms with Crippen molar-refractivity contribution in [3.05, 3.63) is 36.2 Å². The van der Waals surface area contributed by atoms with E-state index in [1.807, 2.05) is 24.3 Å². The SMILES string of the molecule is OC(/C=C/c1cccnc1)CN1CCOCC1. The number of aliphatic hydroxyl groups excluding tert-OH is 1. The van der Waals surface area contributed by atoms with Crippen LogP contribution >= 0.6 is 0 Å². The van der Waals surface area contributed by atoms with Gasteiger partial charge in [0.05, 0.1) is 19.3 Å². The number of hydrogen-bond donors (Lipinski definition) is 1. The summed E-state index contributed by atoms with van der Waals surface area (Å²) in [6, 6.07) is 3.85. The molecule has 1 fully saturated rings. The van der Waals surface area contributed by atoms with Gasteiger partial charge < -0.3 is 9.84 Å². The minimum Gasteiger partial charge on any atom is -0.388 e. The minimum absolute atomic E-state index is 0.437. The van der Waals surface area contributed by atoms with E-state index in [0.717, 1.165) is 31.9 Å². The summed E-state index contributed by atoms with van der Waals surface area (Å²) in [5.74, 6) is 0. The molecule has 2 rings (SSSR count). The third-order valence-electron chi connectivity index (χ3n) is 2.74. The van der Waals surface area contributed by atoms with Crippen LogP contribution in [0.1, 0.15) is 5.56 Å². The van der Waals surface area contributed by atoms with Crippen molar-refractivity contribution in [1.82, 2.24) is 9.88 Å². The van der Waals surface area contributed by atoms with Crippen molar-refractivity contribution in [2.45, 2.75) is 6.10 Å². The van der Waals surface area contributed by atoms with Crippen LogP contribution in [-0.2, 0) is 4.74 Å². The lowest BCUT2D eigenvalue weighted by Crippen LogP contribution is -2.40. The zero-order valence-corrected chi connectivity index (χ0v) is 9.83. The van der Waals surface area contributed by atoms with Crippen molar-refractivity contribution >= 4 is 6.08 Å². The second-order valence-corrected chi connectivity index (χ2v) is 4.13. The molecule has 1 aromatic heterocycles. The Bertz CT molecular complexity index is 348. The first-order valence-electron chi connectivity index (χ1n) is 5.91. The standard InChI is InChI=1S/C13H18N2O2/c16-13(11-15-6-8-17-9-7-15)4-3-12-2-1-5-14-10-12/h1-5,10,13,16H,6-9,11H2/b4-3+. The number of hydrogen-bond acceptors (Lipinski definition) is 4. The van der Waals surface area contributed by atoms with E-state index in [0.29, 0.717) is 6.54 Å². The molecule has 1 aromatic rings. The molecule has 1 N–H and O–H groups in total. The maximum atomic E-state index is 9.87. The highest BCUT2D eigenvalue weighted by atomic mass is 16.5. The summed E-state index contributed by atoms with van der Waals surface area (Å²) in [5, 5.41) is 9.87. The monoisotopic (exact) mass is 234 g/mol. The Morgan fingerprint density at radius 1 is 1.47 bits per heavy atom. The molecule has 0 aromatic carbocycles. The van der Waals surface area contributed by atoms with Gasteiger partial charge in [-0.2, -0.15) is 0 Å². The molecule has 1 aliphatic rings. The van der Waals surface area contributed by atoms with Crippen LogP contribution < -0.4 is 0 Å². The van der Waals surface area contributed by atoms with Crippen molar-refractivity contribution in [2.75, 3.05) is 32.8 Å². The first-order valence-corrected chi connectivity index (χ1v) is 5.91. The molecule has 17 heavy (non-hydrogen) atoms. The molecule has 4 nitrogen and oxygen atoms in total. The molecular weight excluding hydrogens is 216 g/mol. The largest absolute Gasteiger partial charge is 0.388 e. The van der Waals surface area contributed by atoms with Crippen molar-refractivity contribution < 1.29 is 9.84 Å². The molecule has 0 amide bonds. The Kier molecular flexibility index (Phi) is 4.67. The lowest BCUT2D eigenvalue weighted by Gasteiger charge is -2.27. The first kappa shape index (κ1) is 12.2. The van der Waals surface area contributed by atoms with E-state index in [2.05, 4.69) is 9.88 Å². The zero-order chi connectivity index (χ0) is 11.9. The van der Waals surface area contributed by atoms with Crippen LogP contribution in [0.4, 0.5) is 0 Å². The number of ether oxygens (including phenoxy) is 1. The fourth-order valence-electron chi connectivity index (χ4n) is 1.81. The number of β-amino-alcohol motifs (C(OH)–C–C–N with tert-alkyl or cyclic N) is 1. The van der Waals surface area contributed by atoms with Gasteiger partial charge in [0.25, 0.3) is 0 Å². The van der Waals surface area contributed by atoms with Gasteiger partial charge in [-0.15, -0.1) is 0 Å². The lowest BCUT2D eigenvalue weighted by molar-refractivity contribution is 0.0223. The Balaban J connectivity index is 1.80. The van der Waals surface area contributed by atoms with Crippen LogP contribution in [0.5, 0.6) is 0 Å². The number of morpholine rings is 1. The molecule has 1 atom stereocenters. The first-order chi connectivity index (χ1) is 8.34. The van der Waals surface area contributed by atoms with Gasteiger partial charge in [-0.25, -0.2) is 0 Å². The van der Waals surface area contributed by atoms with E-state index in [-0.39, 0.29) is 0 Å². The minimum atomic E-state index is -0.437. The second kappa shape index (κ2) is 6.49. The van der Waals surface area contributed by atoms with Gasteiger partial charge >= 0.3 is 0 Å². The number of aliphatic hydroxyl groups is 1. The van der Waals surface area contributed by atoms with Crippen molar-refractivity contribution in [3.8, 4) is 0 Å². The van der Waals surface area contributed by atoms with Gasteiger partial charge in [0, 0.05) is 32.0 Å². The maximum absolute atomic E-state index is 9.87. The summed E-state index contributed by atoms with van der Waals surface area (Å²) >= 11 is 0. The van der Waals surface area contributed by atoms with Crippen LogP contribution in [-0.4, -0.2) is 53.9 Å². The van der Waals surface area contributed by atoms with Crippen LogP contribution in [0.25, 0.3) is 6.08 Å². The van der Waals surface area contributed by atoms with Gasteiger partial charge in [-0.05, 0) is 11.6 Å². The number of nitrogens with zero attached hydrogens (tertiary/aromatic N) is 2. The zero-order valence-electron chi connectivity index (χ0n) is 9.83. The summed E-state index contributed by atoms with van der Waals surface area (Å²) in [7, 11) is 0. The van der Waals surface area contributed by atoms with Gasteiger partial charge in [-0.3, -0.25) is 9.88 Å². The molecule has 0 saturated carbocycles. The van der Waals surface area contributed by atoms with E-state index in [1.54, 1.807) is 12.4 Å². The van der Waals surface area contributed by atoms with Crippen LogP contribution in [0.15, 0.2) is 30.6 Å². The molecule has 2 heterocycles. The summed E-state index contributed by atoms with van der Waals surface area (Å²) in [6.45, 7) is 3.99. The smallest absolute Gasteiger partial charge is 0.0851 e. The molecule has 92 valence electrons. The summed E-state index contributed by atoms with van der Waals surface area (Å²) in [6.07, 6.45) is 6.79. The fourth-order valence-corrected chi connectivity index (χ4v) is 1.81. The van der Waals surface area contributed by atoms with Gasteiger partial charge in [0.15, 0.2) is 0 Å². The van der Waals surface area contributed by atoms with Gasteiger partial charge in [-0.1, -0.05) is 18.2 Å². The molecule has 1 aliphatic heterocycles. The average molecular weight is 234 g/mol. The Labute approximate surface area is 102 Å². The third kappa shape index (κ3) is 4.26. The van der Waals surface area contributed by atoms with E-state index in [9.17, 15) is 5.11 Å². The number of rotatable bonds is 4. The summed E-state index contributed by atoms with van der Waals surface area (Å²) < 4.78 is 5.26. The fraction of sp³-hybridized carbons (Fsp3) is 0.462. The Morgan fingerprint density at radius 3 is 3.00 bits per heavy atom. The molecule has 0 bridgehead atoms. The maximum Gasteiger partial charge on any atom is 0.0851 e. The predicted molar refractivity (Wildman–Crippen MR) is 66.5 cm³/mol. The van der Waals surface area contributed by atoms with Gasteiger partial charge in [0.1, 0.15) is 0 Å². The molecule has 0 spiro atoms. The Hall–Kier alpha value is -1.23. The van der Waals surface area contributed by atoms with E-state index < -0.39 is 6.10 Å². The molecule has 1 unspecified atom stereocenters. The van der Waals surface area contributed by atoms with Crippen LogP contribution in [0, 0.1) is 0 Å². The topological polar surface area (TPSA) is 45.6 Å². The van der Waals surface area contributed by atoms with Gasteiger partial charge in [0.2, 0.25) is 0 Å². The van der Waals surface area contributed by atoms with E-state index >= 15 is 0 Å². The second-order valence-electron chi connectivity index (χ2n) is 4.13. The molecular formula is C13H18N2O2. The van der Waals surface area contributed by atoms with Crippen LogP contribution in [0.2, 0.25) is 0 Å². The highest BCUT2D eigenvalue weighted by Crippen LogP contribution is 2.03. The van der Waals surface area contributed by atoms with Crippen molar-refractivity contribution in [2.24, 2.45) is 0 Å². The third-order valence-corrected chi connectivity index (χ3v) is 2.74. The normalized spacial score (nSPS) is 19.6. The molecule has 1 saturated heterocycles. The van der Waals surface area contributed by atoms with Crippen molar-refractivity contribution in [3.63, 3.8) is 0 Å². The summed E-state index contributed by atoms with van der Waals surface area (Å²) in [5.41, 5.74) is 1.01. The van der Waals surface area contributed by atoms with Crippen LogP contribution in [0.3, 0.4) is 0 Å². The van der Waals surface area contributed by atoms with E-state index in [4.69, 9.17) is 4.74 Å². The Morgan fingerprint density at radius 2 is 2.29 bits per heavy atom. The highest BCUT2D eigenvalue weighted by Gasteiger charge is 2.12. The van der Waals surface area contributed by atoms with Crippen molar-refractivity contribution in [1.29, 1.82) is 0 Å². The summed E-state index contributed by atoms with van der Waals surface area (Å²) in [4.78, 5) is 6.23. The predicted octanol–water partition coefficient (Wildman–Crippen LogP) is 0.788. The average Bonchev–Trinajstić information content (AvgIpc) is 2.39. The molecule has 0 radical (unpaired) electrons. The van der Waals surface area contributed by atoms with E-state index in [1.165, 1.54) is 0 Å². The quantitative estimate of drug-likeness (QED) is 0.836. The number of pyridine rings is 1. The molecule has 0 aliphatic carbocycles.